The summed E-state index contributed by atoms with van der Waals surface area (Å²) in [6.07, 6.45) is 1.25. The Bertz CT molecular complexity index is 1540. The fourth-order valence-electron chi connectivity index (χ4n) is 4.48. The van der Waals surface area contributed by atoms with Crippen LogP contribution in [0.1, 0.15) is 15.9 Å². The minimum Gasteiger partial charge on any atom is -0.477 e. The van der Waals surface area contributed by atoms with E-state index in [0.717, 1.165) is 24.7 Å². The van der Waals surface area contributed by atoms with Gasteiger partial charge in [-0.2, -0.15) is 0 Å². The van der Waals surface area contributed by atoms with Crippen LogP contribution in [0.5, 0.6) is 5.75 Å². The molecular weight excluding hydrogens is 524 g/mol. The standard InChI is InChI=1S/C28H27FN3O6P/c1-30-11-13-31(14-12-30)26-16-25-22(15-24(26)29)27(33)23(28(34)35)17-32(25)20-7-9-21(10-8-20)38-39(36)37-18-19-5-3-2-4-6-19/h2-10,15-17,36H,11-14,18H2,1H3,(H,34,35). The number of rotatable bonds is 8. The lowest BCUT2D eigenvalue weighted by Gasteiger charge is -2.34. The lowest BCUT2D eigenvalue weighted by Crippen LogP contribution is -2.44. The van der Waals surface area contributed by atoms with E-state index in [0.29, 0.717) is 35.7 Å². The Hall–Kier alpha value is -3.82. The minimum absolute atomic E-state index is 0.0289. The van der Waals surface area contributed by atoms with E-state index in [2.05, 4.69) is 4.90 Å². The van der Waals surface area contributed by atoms with Crippen molar-refractivity contribution in [3.05, 3.63) is 100 Å². The highest BCUT2D eigenvalue weighted by atomic mass is 31.2. The number of anilines is 1. The van der Waals surface area contributed by atoms with Crippen LogP contribution < -0.4 is 14.9 Å². The summed E-state index contributed by atoms with van der Waals surface area (Å²) in [5.74, 6) is -1.64. The number of fused-ring (bicyclic) bond motifs is 1. The van der Waals surface area contributed by atoms with E-state index in [9.17, 15) is 19.6 Å². The minimum atomic E-state index is -2.19. The molecule has 1 fully saturated rings. The van der Waals surface area contributed by atoms with Crippen molar-refractivity contribution in [2.75, 3.05) is 38.1 Å². The molecule has 5 rings (SSSR count). The number of carboxylic acids is 1. The molecule has 1 saturated heterocycles. The molecule has 2 N–H and O–H groups in total. The fourth-order valence-corrected chi connectivity index (χ4v) is 5.09. The summed E-state index contributed by atoms with van der Waals surface area (Å²) < 4.78 is 27.6. The van der Waals surface area contributed by atoms with E-state index < -0.39 is 31.4 Å². The number of likely N-dealkylation sites (N-methyl/N-ethyl adjacent to an activating group) is 1. The summed E-state index contributed by atoms with van der Waals surface area (Å²) in [5.41, 5.74) is 0.933. The normalized spacial score (nSPS) is 14.9. The van der Waals surface area contributed by atoms with Crippen LogP contribution in [-0.4, -0.2) is 58.7 Å². The summed E-state index contributed by atoms with van der Waals surface area (Å²) in [4.78, 5) is 39.0. The molecule has 39 heavy (non-hydrogen) atoms. The SMILES string of the molecule is CN1CCN(c2cc3c(cc2F)c(=O)c(C(=O)O)cn3-c2ccc(OP(O)OCc3ccccc3)cc2)CC1. The predicted molar refractivity (Wildman–Crippen MR) is 147 cm³/mol. The number of carbonyl (C=O) groups is 1. The summed E-state index contributed by atoms with van der Waals surface area (Å²) in [6.45, 7) is 2.98. The third-order valence-electron chi connectivity index (χ3n) is 6.63. The van der Waals surface area contributed by atoms with Gasteiger partial charge in [-0.15, -0.1) is 0 Å². The van der Waals surface area contributed by atoms with Gasteiger partial charge in [0.15, 0.2) is 0 Å². The maximum absolute atomic E-state index is 15.2. The highest BCUT2D eigenvalue weighted by Gasteiger charge is 2.22. The number of benzene rings is 3. The number of carboxylic acid groups (broad SMARTS) is 1. The van der Waals surface area contributed by atoms with Crippen molar-refractivity contribution in [2.24, 2.45) is 0 Å². The first-order valence-corrected chi connectivity index (χ1v) is 13.4. The number of aromatic nitrogens is 1. The molecule has 0 amide bonds. The van der Waals surface area contributed by atoms with Crippen LogP contribution in [0.25, 0.3) is 16.6 Å². The summed E-state index contributed by atoms with van der Waals surface area (Å²) in [6, 6.07) is 18.6. The first kappa shape index (κ1) is 26.8. The van der Waals surface area contributed by atoms with Crippen molar-refractivity contribution in [3.63, 3.8) is 0 Å². The fraction of sp³-hybridized carbons (Fsp3) is 0.214. The van der Waals surface area contributed by atoms with Gasteiger partial charge in [0, 0.05) is 43.4 Å². The van der Waals surface area contributed by atoms with Crippen LogP contribution in [0, 0.1) is 5.82 Å². The van der Waals surface area contributed by atoms with Crippen molar-refractivity contribution in [1.29, 1.82) is 0 Å². The zero-order valence-corrected chi connectivity index (χ0v) is 22.1. The monoisotopic (exact) mass is 551 g/mol. The Kier molecular flexibility index (Phi) is 7.90. The number of hydrogen-bond acceptors (Lipinski definition) is 7. The van der Waals surface area contributed by atoms with Gasteiger partial charge < -0.3 is 28.9 Å². The lowest BCUT2D eigenvalue weighted by atomic mass is 10.1. The zero-order chi connectivity index (χ0) is 27.5. The second-order valence-electron chi connectivity index (χ2n) is 9.24. The maximum atomic E-state index is 15.2. The second kappa shape index (κ2) is 11.5. The van der Waals surface area contributed by atoms with Crippen LogP contribution in [0.2, 0.25) is 0 Å². The van der Waals surface area contributed by atoms with E-state index in [1.54, 1.807) is 34.9 Å². The number of pyridine rings is 1. The van der Waals surface area contributed by atoms with Crippen molar-refractivity contribution in [1.82, 2.24) is 9.47 Å². The number of hydrogen-bond donors (Lipinski definition) is 2. The average Bonchev–Trinajstić information content (AvgIpc) is 2.94. The summed E-state index contributed by atoms with van der Waals surface area (Å²) >= 11 is 0. The number of aromatic carboxylic acids is 1. The molecule has 0 aliphatic carbocycles. The topological polar surface area (TPSA) is 104 Å². The largest absolute Gasteiger partial charge is 0.477 e. The average molecular weight is 552 g/mol. The Morgan fingerprint density at radius 3 is 2.38 bits per heavy atom. The van der Waals surface area contributed by atoms with E-state index in [-0.39, 0.29) is 12.0 Å². The summed E-state index contributed by atoms with van der Waals surface area (Å²) in [5, 5.41) is 9.62. The number of nitrogens with zero attached hydrogens (tertiary/aromatic N) is 3. The van der Waals surface area contributed by atoms with Gasteiger partial charge in [0.2, 0.25) is 5.43 Å². The molecule has 0 spiro atoms. The molecule has 0 bridgehead atoms. The molecule has 3 aromatic carbocycles. The highest BCUT2D eigenvalue weighted by molar-refractivity contribution is 7.41. The molecule has 11 heteroatoms. The molecule has 1 atom stereocenters. The van der Waals surface area contributed by atoms with Crippen LogP contribution in [0.3, 0.4) is 0 Å². The maximum Gasteiger partial charge on any atom is 0.394 e. The van der Waals surface area contributed by atoms with Crippen LogP contribution >= 0.6 is 8.60 Å². The third-order valence-corrected chi connectivity index (χ3v) is 7.35. The first-order chi connectivity index (χ1) is 18.8. The first-order valence-electron chi connectivity index (χ1n) is 12.3. The number of halogens is 1. The van der Waals surface area contributed by atoms with Crippen molar-refractivity contribution in [3.8, 4) is 11.4 Å². The predicted octanol–water partition coefficient (Wildman–Crippen LogP) is 4.39. The van der Waals surface area contributed by atoms with E-state index >= 15 is 4.39 Å². The molecule has 1 aliphatic rings. The van der Waals surface area contributed by atoms with Gasteiger partial charge in [-0.1, -0.05) is 30.3 Å². The summed E-state index contributed by atoms with van der Waals surface area (Å²) in [7, 11) is -0.184. The van der Waals surface area contributed by atoms with E-state index in [1.807, 2.05) is 42.3 Å². The van der Waals surface area contributed by atoms with Gasteiger partial charge in [0.25, 0.3) is 0 Å². The van der Waals surface area contributed by atoms with Gasteiger partial charge >= 0.3 is 14.6 Å². The Balaban J connectivity index is 1.46. The molecular formula is C28H27FN3O6P. The van der Waals surface area contributed by atoms with Crippen LogP contribution in [0.4, 0.5) is 10.1 Å². The molecule has 1 unspecified atom stereocenters. The van der Waals surface area contributed by atoms with Gasteiger partial charge in [-0.25, -0.2) is 9.18 Å². The molecule has 4 aromatic rings. The van der Waals surface area contributed by atoms with Crippen molar-refractivity contribution >= 4 is 31.2 Å². The quantitative estimate of drug-likeness (QED) is 0.311. The van der Waals surface area contributed by atoms with Gasteiger partial charge in [0.1, 0.15) is 17.1 Å². The Morgan fingerprint density at radius 1 is 1.03 bits per heavy atom. The molecule has 1 aliphatic heterocycles. The van der Waals surface area contributed by atoms with Gasteiger partial charge in [0.05, 0.1) is 17.8 Å². The van der Waals surface area contributed by atoms with E-state index in [4.69, 9.17) is 9.05 Å². The molecule has 202 valence electrons. The van der Waals surface area contributed by atoms with Crippen molar-refractivity contribution < 1.29 is 28.2 Å². The Morgan fingerprint density at radius 2 is 1.72 bits per heavy atom. The highest BCUT2D eigenvalue weighted by Crippen LogP contribution is 2.36. The molecule has 1 aromatic heterocycles. The molecule has 9 nitrogen and oxygen atoms in total. The molecule has 0 radical (unpaired) electrons. The van der Waals surface area contributed by atoms with Crippen LogP contribution in [-0.2, 0) is 11.1 Å². The number of piperazine rings is 1. The van der Waals surface area contributed by atoms with E-state index in [1.165, 1.54) is 6.20 Å². The molecule has 2 heterocycles. The third kappa shape index (κ3) is 5.94. The van der Waals surface area contributed by atoms with Crippen LogP contribution in [0.15, 0.2) is 77.7 Å². The zero-order valence-electron chi connectivity index (χ0n) is 21.2. The Labute approximate surface area is 225 Å². The van der Waals surface area contributed by atoms with Crippen molar-refractivity contribution in [2.45, 2.75) is 6.61 Å². The van der Waals surface area contributed by atoms with Gasteiger partial charge in [-0.3, -0.25) is 9.32 Å². The van der Waals surface area contributed by atoms with Gasteiger partial charge in [-0.05, 0) is 49.0 Å². The second-order valence-corrected chi connectivity index (χ2v) is 10.2. The lowest BCUT2D eigenvalue weighted by molar-refractivity contribution is 0.0695. The smallest absolute Gasteiger partial charge is 0.394 e. The molecule has 0 saturated carbocycles.